The van der Waals surface area contributed by atoms with Crippen LogP contribution in [0.15, 0.2) is 146 Å². The summed E-state index contributed by atoms with van der Waals surface area (Å²) < 4.78 is 0. The van der Waals surface area contributed by atoms with Crippen molar-refractivity contribution in [1.82, 2.24) is 15.0 Å². The Morgan fingerprint density at radius 3 is 1.34 bits per heavy atom. The molecule has 0 N–H and O–H groups in total. The van der Waals surface area contributed by atoms with Crippen molar-refractivity contribution in [2.45, 2.75) is 12.3 Å². The summed E-state index contributed by atoms with van der Waals surface area (Å²) in [4.78, 5) is 15.0. The number of hydrogen-bond donors (Lipinski definition) is 0. The molecule has 3 heteroatoms. The van der Waals surface area contributed by atoms with Crippen LogP contribution in [0.5, 0.6) is 0 Å². The molecule has 1 heterocycles. The Bertz CT molecular complexity index is 2190. The standard InChI is InChI=1S/C41H27N3/c1-26-19-21-28(22-20-26)39-42-38(27-11-3-2-4-12-27)43-40(44-39)29-23-24-37-33(25-29)32-15-7-10-18-36(32)41(37)34-16-8-5-13-30(34)31-14-6-9-17-35(31)41/h2-25H,1H3. The quantitative estimate of drug-likeness (QED) is 0.216. The molecule has 1 spiro atoms. The van der Waals surface area contributed by atoms with Gasteiger partial charge in [-0.25, -0.2) is 15.0 Å². The molecule has 0 saturated carbocycles. The monoisotopic (exact) mass is 561 g/mol. The van der Waals surface area contributed by atoms with E-state index in [0.717, 1.165) is 16.7 Å². The summed E-state index contributed by atoms with van der Waals surface area (Å²) in [6.45, 7) is 2.09. The molecule has 0 radical (unpaired) electrons. The highest BCUT2D eigenvalue weighted by atomic mass is 15.0. The highest BCUT2D eigenvalue weighted by Gasteiger charge is 2.51. The van der Waals surface area contributed by atoms with E-state index in [4.69, 9.17) is 15.0 Å². The molecule has 3 nitrogen and oxygen atoms in total. The summed E-state index contributed by atoms with van der Waals surface area (Å²) in [6.07, 6.45) is 0. The molecule has 0 unspecified atom stereocenters. The molecular weight excluding hydrogens is 534 g/mol. The van der Waals surface area contributed by atoms with E-state index in [9.17, 15) is 0 Å². The van der Waals surface area contributed by atoms with Gasteiger partial charge in [0.15, 0.2) is 17.5 Å². The summed E-state index contributed by atoms with van der Waals surface area (Å²) in [5.74, 6) is 2.01. The first kappa shape index (κ1) is 24.9. The van der Waals surface area contributed by atoms with Crippen LogP contribution in [-0.4, -0.2) is 15.0 Å². The van der Waals surface area contributed by atoms with E-state index in [1.54, 1.807) is 0 Å². The summed E-state index contributed by atoms with van der Waals surface area (Å²) in [5, 5.41) is 0. The van der Waals surface area contributed by atoms with Gasteiger partial charge in [-0.3, -0.25) is 0 Å². The van der Waals surface area contributed by atoms with Gasteiger partial charge in [0.2, 0.25) is 0 Å². The Balaban J connectivity index is 1.29. The van der Waals surface area contributed by atoms with Gasteiger partial charge >= 0.3 is 0 Å². The largest absolute Gasteiger partial charge is 0.208 e. The lowest BCUT2D eigenvalue weighted by atomic mass is 9.70. The van der Waals surface area contributed by atoms with E-state index in [-0.39, 0.29) is 5.41 Å². The maximum atomic E-state index is 5.05. The Morgan fingerprint density at radius 2 is 0.773 bits per heavy atom. The van der Waals surface area contributed by atoms with Gasteiger partial charge in [0.1, 0.15) is 0 Å². The molecule has 6 aromatic carbocycles. The molecule has 9 rings (SSSR count). The fourth-order valence-electron chi connectivity index (χ4n) is 7.29. The zero-order chi connectivity index (χ0) is 29.3. The second-order valence-corrected chi connectivity index (χ2v) is 11.7. The summed E-state index contributed by atoms with van der Waals surface area (Å²) in [7, 11) is 0. The summed E-state index contributed by atoms with van der Waals surface area (Å²) in [5.41, 5.74) is 14.2. The van der Waals surface area contributed by atoms with Crippen LogP contribution in [0, 0.1) is 6.92 Å². The molecule has 0 bridgehead atoms. The maximum Gasteiger partial charge on any atom is 0.164 e. The average molecular weight is 562 g/mol. The Kier molecular flexibility index (Phi) is 5.33. The van der Waals surface area contributed by atoms with Gasteiger partial charge < -0.3 is 0 Å². The molecule has 0 saturated heterocycles. The molecule has 0 atom stereocenters. The van der Waals surface area contributed by atoms with Crippen molar-refractivity contribution in [2.24, 2.45) is 0 Å². The first-order valence-electron chi connectivity index (χ1n) is 15.0. The second kappa shape index (κ2) is 9.42. The fraction of sp³-hybridized carbons (Fsp3) is 0.0488. The predicted octanol–water partition coefficient (Wildman–Crippen LogP) is 9.52. The molecule has 206 valence electrons. The zero-order valence-corrected chi connectivity index (χ0v) is 24.2. The Hall–Kier alpha value is -5.67. The molecule has 0 aliphatic heterocycles. The molecule has 2 aliphatic rings. The van der Waals surface area contributed by atoms with Crippen LogP contribution in [-0.2, 0) is 5.41 Å². The van der Waals surface area contributed by atoms with Crippen molar-refractivity contribution in [3.05, 3.63) is 173 Å². The minimum absolute atomic E-state index is 0.362. The van der Waals surface area contributed by atoms with E-state index in [1.807, 2.05) is 18.2 Å². The van der Waals surface area contributed by atoms with Crippen LogP contribution in [0.2, 0.25) is 0 Å². The SMILES string of the molecule is Cc1ccc(-c2nc(-c3ccccc3)nc(-c3ccc4c(c3)-c3ccccc3C43c4ccccc4-c4ccccc43)n2)cc1. The number of benzene rings is 6. The molecule has 7 aromatic rings. The zero-order valence-electron chi connectivity index (χ0n) is 24.2. The van der Waals surface area contributed by atoms with Crippen LogP contribution in [0.1, 0.15) is 27.8 Å². The normalized spacial score (nSPS) is 13.3. The number of aryl methyl sites for hydroxylation is 1. The van der Waals surface area contributed by atoms with E-state index >= 15 is 0 Å². The van der Waals surface area contributed by atoms with E-state index in [2.05, 4.69) is 134 Å². The second-order valence-electron chi connectivity index (χ2n) is 11.7. The summed E-state index contributed by atoms with van der Waals surface area (Å²) in [6, 6.07) is 52.0. The minimum Gasteiger partial charge on any atom is -0.208 e. The lowest BCUT2D eigenvalue weighted by molar-refractivity contribution is 0.794. The smallest absolute Gasteiger partial charge is 0.164 e. The van der Waals surface area contributed by atoms with Crippen LogP contribution < -0.4 is 0 Å². The van der Waals surface area contributed by atoms with Gasteiger partial charge in [-0.15, -0.1) is 0 Å². The number of rotatable bonds is 3. The van der Waals surface area contributed by atoms with Crippen LogP contribution in [0.3, 0.4) is 0 Å². The molecule has 0 fully saturated rings. The van der Waals surface area contributed by atoms with Gasteiger partial charge in [-0.1, -0.05) is 145 Å². The highest BCUT2D eigenvalue weighted by Crippen LogP contribution is 2.62. The van der Waals surface area contributed by atoms with Gasteiger partial charge in [0.25, 0.3) is 0 Å². The number of hydrogen-bond acceptors (Lipinski definition) is 3. The van der Waals surface area contributed by atoms with Crippen molar-refractivity contribution >= 4 is 0 Å². The maximum absolute atomic E-state index is 5.05. The van der Waals surface area contributed by atoms with Crippen LogP contribution in [0.4, 0.5) is 0 Å². The van der Waals surface area contributed by atoms with Crippen molar-refractivity contribution in [2.75, 3.05) is 0 Å². The molecule has 2 aliphatic carbocycles. The average Bonchev–Trinajstić information content (AvgIpc) is 3.56. The van der Waals surface area contributed by atoms with Crippen LogP contribution >= 0.6 is 0 Å². The number of aromatic nitrogens is 3. The van der Waals surface area contributed by atoms with Crippen molar-refractivity contribution in [3.8, 4) is 56.4 Å². The van der Waals surface area contributed by atoms with Crippen LogP contribution in [0.25, 0.3) is 56.4 Å². The van der Waals surface area contributed by atoms with Gasteiger partial charge in [-0.2, -0.15) is 0 Å². The molecule has 0 amide bonds. The Morgan fingerprint density at radius 1 is 0.364 bits per heavy atom. The first-order valence-corrected chi connectivity index (χ1v) is 15.0. The van der Waals surface area contributed by atoms with Crippen molar-refractivity contribution in [3.63, 3.8) is 0 Å². The molecule has 44 heavy (non-hydrogen) atoms. The third kappa shape index (κ3) is 3.47. The number of fused-ring (bicyclic) bond motifs is 10. The van der Waals surface area contributed by atoms with Gasteiger partial charge in [-0.05, 0) is 57.5 Å². The van der Waals surface area contributed by atoms with Crippen molar-refractivity contribution in [1.29, 1.82) is 0 Å². The summed E-state index contributed by atoms with van der Waals surface area (Å²) >= 11 is 0. The van der Waals surface area contributed by atoms with Gasteiger partial charge in [0.05, 0.1) is 5.41 Å². The van der Waals surface area contributed by atoms with E-state index in [0.29, 0.717) is 17.5 Å². The third-order valence-electron chi connectivity index (χ3n) is 9.23. The lowest BCUT2D eigenvalue weighted by Gasteiger charge is -2.30. The van der Waals surface area contributed by atoms with Crippen molar-refractivity contribution < 1.29 is 0 Å². The fourth-order valence-corrected chi connectivity index (χ4v) is 7.29. The highest BCUT2D eigenvalue weighted by molar-refractivity contribution is 5.95. The Labute approximate surface area is 256 Å². The first-order chi connectivity index (χ1) is 21.7. The van der Waals surface area contributed by atoms with Gasteiger partial charge in [0, 0.05) is 16.7 Å². The topological polar surface area (TPSA) is 38.7 Å². The molecule has 1 aromatic heterocycles. The van der Waals surface area contributed by atoms with E-state index < -0.39 is 0 Å². The lowest BCUT2D eigenvalue weighted by Crippen LogP contribution is -2.25. The number of nitrogens with zero attached hydrogens (tertiary/aromatic N) is 3. The minimum atomic E-state index is -0.362. The predicted molar refractivity (Wildman–Crippen MR) is 177 cm³/mol. The van der Waals surface area contributed by atoms with E-state index in [1.165, 1.54) is 50.1 Å². The molecular formula is C41H27N3. The third-order valence-corrected chi connectivity index (χ3v) is 9.23.